The van der Waals surface area contributed by atoms with Crippen molar-refractivity contribution in [2.45, 2.75) is 39.0 Å². The molecule has 52 heavy (non-hydrogen) atoms. The topological polar surface area (TPSA) is 20.5 Å². The molecule has 0 N–H and O–H groups in total. The van der Waals surface area contributed by atoms with Crippen LogP contribution < -0.4 is 4.90 Å². The van der Waals surface area contributed by atoms with Gasteiger partial charge in [-0.15, -0.1) is 0 Å². The molecule has 0 bridgehead atoms. The van der Waals surface area contributed by atoms with Crippen LogP contribution in [-0.2, 0) is 0 Å². The summed E-state index contributed by atoms with van der Waals surface area (Å²) in [5.74, 6) is 2.20. The fourth-order valence-electron chi connectivity index (χ4n) is 8.63. The van der Waals surface area contributed by atoms with Crippen LogP contribution in [0.1, 0.15) is 61.3 Å². The van der Waals surface area contributed by atoms with Gasteiger partial charge in [0.2, 0.25) is 0 Å². The van der Waals surface area contributed by atoms with Crippen molar-refractivity contribution in [1.29, 1.82) is 0 Å². The minimum Gasteiger partial charge on any atom is -0.296 e. The Morgan fingerprint density at radius 2 is 1.44 bits per heavy atom. The minimum absolute atomic E-state index is 0.177. The first kappa shape index (κ1) is 32.0. The average Bonchev–Trinajstić information content (AvgIpc) is 3.55. The molecule has 1 aromatic heterocycles. The number of hydrogen-bond acceptors (Lipinski definition) is 2. The summed E-state index contributed by atoms with van der Waals surface area (Å²) < 4.78 is 2.49. The van der Waals surface area contributed by atoms with E-state index in [4.69, 9.17) is 4.99 Å². The fraction of sp³-hybridized carbons (Fsp3) is 0.163. The Morgan fingerprint density at radius 3 is 2.29 bits per heavy atom. The van der Waals surface area contributed by atoms with Crippen molar-refractivity contribution >= 4 is 39.4 Å². The van der Waals surface area contributed by atoms with Crippen LogP contribution in [0.4, 0.5) is 11.5 Å². The molecule has 3 unspecified atom stereocenters. The van der Waals surface area contributed by atoms with Crippen LogP contribution in [0, 0.1) is 11.8 Å². The van der Waals surface area contributed by atoms with Gasteiger partial charge in [0.1, 0.15) is 5.82 Å². The lowest BCUT2D eigenvalue weighted by molar-refractivity contribution is 0.504. The summed E-state index contributed by atoms with van der Waals surface area (Å²) >= 11 is 0. The summed E-state index contributed by atoms with van der Waals surface area (Å²) in [5, 5.41) is 1.24. The summed E-state index contributed by atoms with van der Waals surface area (Å²) in [6.07, 6.45) is 15.1. The highest BCUT2D eigenvalue weighted by atomic mass is 15.3. The second-order valence-electron chi connectivity index (χ2n) is 13.8. The van der Waals surface area contributed by atoms with Crippen LogP contribution in [0.3, 0.4) is 0 Å². The third-order valence-corrected chi connectivity index (χ3v) is 10.9. The molecule has 0 spiro atoms. The number of para-hydroxylation sites is 2. The van der Waals surface area contributed by atoms with Crippen molar-refractivity contribution in [1.82, 2.24) is 4.57 Å². The van der Waals surface area contributed by atoms with E-state index in [-0.39, 0.29) is 5.92 Å². The van der Waals surface area contributed by atoms with E-state index in [9.17, 15) is 0 Å². The SMILES string of the molecule is C1=CC2C=CC3=C(c4ccccc4-n4c(cc5ccccc54)N3c3cccc(C4C=C(c5ccccc5)N=C(c5ccccc5)C4)c3)C2CC1.CC. The van der Waals surface area contributed by atoms with Crippen molar-refractivity contribution < 1.29 is 0 Å². The molecule has 3 heteroatoms. The van der Waals surface area contributed by atoms with E-state index < -0.39 is 0 Å². The predicted octanol–water partition coefficient (Wildman–Crippen LogP) is 12.7. The first-order valence-corrected chi connectivity index (χ1v) is 18.9. The molecule has 3 nitrogen and oxygen atoms in total. The Balaban J connectivity index is 0.00000177. The smallest absolute Gasteiger partial charge is 0.123 e. The van der Waals surface area contributed by atoms with Gasteiger partial charge in [0.15, 0.2) is 0 Å². The maximum Gasteiger partial charge on any atom is 0.123 e. The molecule has 3 heterocycles. The number of hydrogen-bond donors (Lipinski definition) is 0. The molecule has 2 aliphatic heterocycles. The molecule has 6 aromatic rings. The van der Waals surface area contributed by atoms with Gasteiger partial charge in [-0.2, -0.15) is 0 Å². The Hall–Kier alpha value is -5.93. The van der Waals surface area contributed by atoms with Gasteiger partial charge in [0, 0.05) is 40.6 Å². The number of benzene rings is 5. The first-order chi connectivity index (χ1) is 25.8. The zero-order chi connectivity index (χ0) is 35.0. The largest absolute Gasteiger partial charge is 0.296 e. The maximum atomic E-state index is 5.23. The lowest BCUT2D eigenvalue weighted by Gasteiger charge is -2.36. The highest BCUT2D eigenvalue weighted by Crippen LogP contribution is 2.51. The molecule has 2 aliphatic carbocycles. The molecule has 10 rings (SSSR count). The number of rotatable bonds is 4. The molecule has 254 valence electrons. The van der Waals surface area contributed by atoms with Crippen LogP contribution in [0.2, 0.25) is 0 Å². The zero-order valence-electron chi connectivity index (χ0n) is 29.9. The van der Waals surface area contributed by atoms with Gasteiger partial charge in [0.05, 0.1) is 22.6 Å². The molecular weight excluding hydrogens is 631 g/mol. The van der Waals surface area contributed by atoms with E-state index in [0.717, 1.165) is 36.2 Å². The van der Waals surface area contributed by atoms with Gasteiger partial charge >= 0.3 is 0 Å². The number of nitrogens with zero attached hydrogens (tertiary/aromatic N) is 3. The first-order valence-electron chi connectivity index (χ1n) is 18.9. The normalized spacial score (nSPS) is 20.0. The number of allylic oxidation sites excluding steroid dienone is 6. The lowest BCUT2D eigenvalue weighted by Crippen LogP contribution is -2.25. The molecule has 0 saturated carbocycles. The van der Waals surface area contributed by atoms with E-state index in [1.807, 2.05) is 13.8 Å². The summed E-state index contributed by atoms with van der Waals surface area (Å²) in [7, 11) is 0. The minimum atomic E-state index is 0.177. The summed E-state index contributed by atoms with van der Waals surface area (Å²) in [4.78, 5) is 7.78. The average molecular weight is 674 g/mol. The van der Waals surface area contributed by atoms with E-state index in [0.29, 0.717) is 11.8 Å². The third-order valence-electron chi connectivity index (χ3n) is 10.9. The van der Waals surface area contributed by atoms with Crippen LogP contribution in [0.25, 0.3) is 27.9 Å². The summed E-state index contributed by atoms with van der Waals surface area (Å²) in [6.45, 7) is 4.00. The Labute approximate surface area is 307 Å². The van der Waals surface area contributed by atoms with E-state index in [1.54, 1.807) is 0 Å². The number of fused-ring (bicyclic) bond motifs is 8. The lowest BCUT2D eigenvalue weighted by atomic mass is 9.72. The van der Waals surface area contributed by atoms with Crippen molar-refractivity contribution in [3.63, 3.8) is 0 Å². The number of aromatic nitrogens is 1. The van der Waals surface area contributed by atoms with Gasteiger partial charge in [-0.1, -0.05) is 147 Å². The second-order valence-corrected chi connectivity index (χ2v) is 13.8. The molecule has 0 amide bonds. The quantitative estimate of drug-likeness (QED) is 0.171. The van der Waals surface area contributed by atoms with Crippen molar-refractivity contribution in [3.8, 4) is 5.69 Å². The van der Waals surface area contributed by atoms with Gasteiger partial charge < -0.3 is 0 Å². The molecule has 3 atom stereocenters. The van der Waals surface area contributed by atoms with Crippen LogP contribution >= 0.6 is 0 Å². The molecule has 5 aromatic carbocycles. The summed E-state index contributed by atoms with van der Waals surface area (Å²) in [5.41, 5.74) is 13.5. The van der Waals surface area contributed by atoms with E-state index in [1.165, 1.54) is 56.1 Å². The van der Waals surface area contributed by atoms with Gasteiger partial charge in [0.25, 0.3) is 0 Å². The van der Waals surface area contributed by atoms with Crippen molar-refractivity contribution in [2.24, 2.45) is 16.8 Å². The van der Waals surface area contributed by atoms with E-state index >= 15 is 0 Å². The van der Waals surface area contributed by atoms with Gasteiger partial charge in [-0.05, 0) is 77.4 Å². The zero-order valence-corrected chi connectivity index (χ0v) is 29.9. The molecule has 0 radical (unpaired) electrons. The van der Waals surface area contributed by atoms with Crippen molar-refractivity contribution in [2.75, 3.05) is 4.90 Å². The predicted molar refractivity (Wildman–Crippen MR) is 219 cm³/mol. The maximum absolute atomic E-state index is 5.23. The van der Waals surface area contributed by atoms with E-state index in [2.05, 4.69) is 179 Å². The number of anilines is 2. The standard InChI is InChI=1S/C47H37N3.C2H6/c1-3-15-33(16-4-1)41-29-37(30-42(48-41)34-17-5-2-6-18-34)35-20-13-21-38(28-35)49-45-27-26-32-14-7-9-22-39(32)47(45)40-23-10-12-25-44(40)50-43-24-11-8-19-36(43)31-46(49)50;1-2/h1-8,10-21,23-29,31-32,37,39H,9,22,30H2;1-2H3. The van der Waals surface area contributed by atoms with Crippen LogP contribution in [0.15, 0.2) is 181 Å². The Kier molecular flexibility index (Phi) is 8.40. The molecular formula is C49H43N3. The summed E-state index contributed by atoms with van der Waals surface area (Å²) in [6, 6.07) is 50.8. The number of aliphatic imine (C=N–C) groups is 1. The second kappa shape index (κ2) is 13.7. The van der Waals surface area contributed by atoms with Crippen LogP contribution in [0.5, 0.6) is 0 Å². The third kappa shape index (κ3) is 5.49. The molecule has 4 aliphatic rings. The fourth-order valence-corrected chi connectivity index (χ4v) is 8.63. The molecule has 0 saturated heterocycles. The van der Waals surface area contributed by atoms with Gasteiger partial charge in [-0.25, -0.2) is 0 Å². The highest BCUT2D eigenvalue weighted by Gasteiger charge is 2.37. The van der Waals surface area contributed by atoms with Crippen molar-refractivity contribution in [3.05, 3.63) is 198 Å². The monoisotopic (exact) mass is 673 g/mol. The Morgan fingerprint density at radius 1 is 0.692 bits per heavy atom. The molecule has 0 fully saturated rings. The highest BCUT2D eigenvalue weighted by molar-refractivity contribution is 6.05. The van der Waals surface area contributed by atoms with Crippen LogP contribution in [-0.4, -0.2) is 10.3 Å². The van der Waals surface area contributed by atoms with Gasteiger partial charge in [-0.3, -0.25) is 14.5 Å². The Bertz CT molecular complexity index is 2420.